The van der Waals surface area contributed by atoms with Gasteiger partial charge in [-0.05, 0) is 42.3 Å². The van der Waals surface area contributed by atoms with Crippen molar-refractivity contribution in [3.63, 3.8) is 0 Å². The van der Waals surface area contributed by atoms with Gasteiger partial charge in [0.2, 0.25) is 0 Å². The van der Waals surface area contributed by atoms with E-state index in [0.29, 0.717) is 27.6 Å². The van der Waals surface area contributed by atoms with E-state index in [4.69, 9.17) is 11.6 Å². The van der Waals surface area contributed by atoms with Crippen LogP contribution in [0.15, 0.2) is 59.8 Å². The van der Waals surface area contributed by atoms with E-state index in [1.54, 1.807) is 6.20 Å². The molecule has 0 spiro atoms. The molecule has 1 aromatic carbocycles. The summed E-state index contributed by atoms with van der Waals surface area (Å²) in [7, 11) is 0. The van der Waals surface area contributed by atoms with Crippen molar-refractivity contribution in [2.75, 3.05) is 18.0 Å². The van der Waals surface area contributed by atoms with Gasteiger partial charge in [-0.1, -0.05) is 23.7 Å². The van der Waals surface area contributed by atoms with Crippen LogP contribution in [-0.2, 0) is 0 Å². The van der Waals surface area contributed by atoms with Crippen LogP contribution >= 0.6 is 22.9 Å². The number of thiophene rings is 1. The quantitative estimate of drug-likeness (QED) is 0.542. The molecule has 4 aromatic rings. The summed E-state index contributed by atoms with van der Waals surface area (Å²) in [6.07, 6.45) is 3.72. The Morgan fingerprint density at radius 2 is 1.97 bits per heavy atom. The van der Waals surface area contributed by atoms with Gasteiger partial charge in [0.25, 0.3) is 5.56 Å². The summed E-state index contributed by atoms with van der Waals surface area (Å²) in [5.41, 5.74) is 2.47. The standard InChI is InChI=1S/C21H17ClN4O2S/c22-14-3-1-13(2-4-14)18-9-17-20(29-18)21(28)26(12-24-17)19-6-5-15(10-23-19)25-8-7-16(27)11-25/h1-6,9-10,12,16,27H,7-8,11H2/t16-/m0/s1. The maximum atomic E-state index is 13.0. The fourth-order valence-electron chi connectivity index (χ4n) is 3.52. The minimum Gasteiger partial charge on any atom is -0.391 e. The van der Waals surface area contributed by atoms with Gasteiger partial charge in [-0.15, -0.1) is 11.3 Å². The van der Waals surface area contributed by atoms with Crippen molar-refractivity contribution in [3.8, 4) is 16.3 Å². The minimum absolute atomic E-state index is 0.142. The number of rotatable bonds is 3. The van der Waals surface area contributed by atoms with Crippen molar-refractivity contribution in [3.05, 3.63) is 70.4 Å². The molecule has 1 saturated heterocycles. The van der Waals surface area contributed by atoms with Crippen LogP contribution in [0.25, 0.3) is 26.5 Å². The first-order valence-electron chi connectivity index (χ1n) is 9.25. The van der Waals surface area contributed by atoms with Gasteiger partial charge in [0.15, 0.2) is 0 Å². The first-order chi connectivity index (χ1) is 14.1. The molecule has 1 atom stereocenters. The second-order valence-electron chi connectivity index (χ2n) is 7.01. The van der Waals surface area contributed by atoms with Crippen molar-refractivity contribution < 1.29 is 5.11 Å². The molecule has 29 heavy (non-hydrogen) atoms. The highest BCUT2D eigenvalue weighted by Gasteiger charge is 2.20. The Morgan fingerprint density at radius 1 is 1.14 bits per heavy atom. The molecule has 146 valence electrons. The molecule has 0 amide bonds. The maximum Gasteiger partial charge on any atom is 0.277 e. The van der Waals surface area contributed by atoms with Crippen molar-refractivity contribution in [1.29, 1.82) is 0 Å². The van der Waals surface area contributed by atoms with Gasteiger partial charge >= 0.3 is 0 Å². The molecule has 0 radical (unpaired) electrons. The zero-order valence-electron chi connectivity index (χ0n) is 15.3. The summed E-state index contributed by atoms with van der Waals surface area (Å²) >= 11 is 7.38. The SMILES string of the molecule is O=c1c2sc(-c3ccc(Cl)cc3)cc2ncn1-c1ccc(N2CC[C@H](O)C2)cn1. The van der Waals surface area contributed by atoms with Gasteiger partial charge in [0.1, 0.15) is 16.8 Å². The van der Waals surface area contributed by atoms with Gasteiger partial charge in [-0.3, -0.25) is 4.79 Å². The van der Waals surface area contributed by atoms with Crippen molar-refractivity contribution >= 4 is 38.8 Å². The average Bonchev–Trinajstić information content (AvgIpc) is 3.36. The lowest BCUT2D eigenvalue weighted by Crippen LogP contribution is -2.22. The Morgan fingerprint density at radius 3 is 2.66 bits per heavy atom. The summed E-state index contributed by atoms with van der Waals surface area (Å²) in [5, 5.41) is 10.4. The smallest absolute Gasteiger partial charge is 0.277 e. The molecule has 1 fully saturated rings. The monoisotopic (exact) mass is 424 g/mol. The third-order valence-electron chi connectivity index (χ3n) is 5.07. The Bertz CT molecular complexity index is 1230. The van der Waals surface area contributed by atoms with Gasteiger partial charge in [-0.25, -0.2) is 14.5 Å². The minimum atomic E-state index is -0.294. The zero-order chi connectivity index (χ0) is 20.0. The van der Waals surface area contributed by atoms with E-state index in [0.717, 1.165) is 29.1 Å². The molecular formula is C21H17ClN4O2S. The van der Waals surface area contributed by atoms with E-state index in [1.807, 2.05) is 42.5 Å². The predicted octanol–water partition coefficient (Wildman–Crippen LogP) is 3.73. The van der Waals surface area contributed by atoms with Crippen molar-refractivity contribution in [1.82, 2.24) is 14.5 Å². The highest BCUT2D eigenvalue weighted by atomic mass is 35.5. The number of aromatic nitrogens is 3. The zero-order valence-corrected chi connectivity index (χ0v) is 16.9. The second-order valence-corrected chi connectivity index (χ2v) is 8.50. The van der Waals surface area contributed by atoms with Crippen LogP contribution in [-0.4, -0.2) is 38.8 Å². The molecule has 5 rings (SSSR count). The molecule has 1 aliphatic heterocycles. The lowest BCUT2D eigenvalue weighted by Gasteiger charge is -2.17. The van der Waals surface area contributed by atoms with Crippen molar-refractivity contribution in [2.24, 2.45) is 0 Å². The number of β-amino-alcohol motifs (C(OH)–C–C–N with tert-alkyl or cyclic N) is 1. The highest BCUT2D eigenvalue weighted by molar-refractivity contribution is 7.22. The number of anilines is 1. The number of aliphatic hydroxyl groups excluding tert-OH is 1. The van der Waals surface area contributed by atoms with E-state index in [1.165, 1.54) is 22.2 Å². The van der Waals surface area contributed by atoms with Crippen LogP contribution in [0.1, 0.15) is 6.42 Å². The third-order valence-corrected chi connectivity index (χ3v) is 6.49. The number of aliphatic hydroxyl groups is 1. The van der Waals surface area contributed by atoms with Crippen LogP contribution in [0.3, 0.4) is 0 Å². The summed E-state index contributed by atoms with van der Waals surface area (Å²) in [5.74, 6) is 0.523. The summed E-state index contributed by atoms with van der Waals surface area (Å²) in [6, 6.07) is 13.2. The number of hydrogen-bond acceptors (Lipinski definition) is 6. The van der Waals surface area contributed by atoms with Crippen LogP contribution in [0, 0.1) is 0 Å². The number of nitrogens with zero attached hydrogens (tertiary/aromatic N) is 4. The highest BCUT2D eigenvalue weighted by Crippen LogP contribution is 2.31. The average molecular weight is 425 g/mol. The van der Waals surface area contributed by atoms with Crippen LogP contribution in [0.2, 0.25) is 5.02 Å². The molecule has 0 aliphatic carbocycles. The molecule has 4 heterocycles. The van der Waals surface area contributed by atoms with Crippen LogP contribution < -0.4 is 10.5 Å². The van der Waals surface area contributed by atoms with E-state index >= 15 is 0 Å². The molecule has 0 bridgehead atoms. The van der Waals surface area contributed by atoms with Crippen LogP contribution in [0.5, 0.6) is 0 Å². The Balaban J connectivity index is 1.50. The fourth-order valence-corrected chi connectivity index (χ4v) is 4.69. The molecule has 0 saturated carbocycles. The molecule has 0 unspecified atom stereocenters. The number of pyridine rings is 1. The molecule has 1 N–H and O–H groups in total. The van der Waals surface area contributed by atoms with E-state index in [2.05, 4.69) is 14.9 Å². The van der Waals surface area contributed by atoms with Crippen LogP contribution in [0.4, 0.5) is 5.69 Å². The first-order valence-corrected chi connectivity index (χ1v) is 10.4. The largest absolute Gasteiger partial charge is 0.391 e. The summed E-state index contributed by atoms with van der Waals surface area (Å²) in [6.45, 7) is 1.41. The predicted molar refractivity (Wildman–Crippen MR) is 116 cm³/mol. The van der Waals surface area contributed by atoms with Crippen molar-refractivity contribution in [2.45, 2.75) is 12.5 Å². The first kappa shape index (κ1) is 18.3. The number of halogens is 1. The molecule has 6 nitrogen and oxygen atoms in total. The van der Waals surface area contributed by atoms with Gasteiger partial charge < -0.3 is 10.0 Å². The van der Waals surface area contributed by atoms with E-state index < -0.39 is 0 Å². The number of hydrogen-bond donors (Lipinski definition) is 1. The number of benzene rings is 1. The topological polar surface area (TPSA) is 71.2 Å². The fraction of sp³-hybridized carbons (Fsp3) is 0.190. The summed E-state index contributed by atoms with van der Waals surface area (Å²) in [4.78, 5) is 25.0. The number of fused-ring (bicyclic) bond motifs is 1. The molecular weight excluding hydrogens is 408 g/mol. The lowest BCUT2D eigenvalue weighted by molar-refractivity contribution is 0.198. The molecule has 3 aromatic heterocycles. The third kappa shape index (κ3) is 3.42. The Hall–Kier alpha value is -2.74. The van der Waals surface area contributed by atoms with Gasteiger partial charge in [0.05, 0.1) is 23.5 Å². The second kappa shape index (κ2) is 7.26. The van der Waals surface area contributed by atoms with E-state index in [9.17, 15) is 9.90 Å². The Kier molecular flexibility index (Phi) is 4.58. The summed E-state index contributed by atoms with van der Waals surface area (Å²) < 4.78 is 2.05. The maximum absolute atomic E-state index is 13.0. The van der Waals surface area contributed by atoms with Gasteiger partial charge in [0, 0.05) is 23.0 Å². The molecule has 8 heteroatoms. The lowest BCUT2D eigenvalue weighted by atomic mass is 10.2. The Labute approximate surface area is 175 Å². The van der Waals surface area contributed by atoms with Gasteiger partial charge in [-0.2, -0.15) is 0 Å². The van der Waals surface area contributed by atoms with E-state index in [-0.39, 0.29) is 11.7 Å². The molecule has 1 aliphatic rings. The normalized spacial score (nSPS) is 16.6.